The zero-order chi connectivity index (χ0) is 19.3. The van der Waals surface area contributed by atoms with Crippen LogP contribution in [0.15, 0.2) is 48.0 Å². The third kappa shape index (κ3) is 4.46. The van der Waals surface area contributed by atoms with Crippen molar-refractivity contribution in [3.63, 3.8) is 0 Å². The largest absolute Gasteiger partial charge is 0.450 e. The van der Waals surface area contributed by atoms with Crippen molar-refractivity contribution in [1.82, 2.24) is 0 Å². The molecule has 2 aromatic carbocycles. The molecule has 0 amide bonds. The number of benzene rings is 2. The van der Waals surface area contributed by atoms with E-state index in [1.165, 1.54) is 18.2 Å². The molecule has 2 aromatic rings. The standard InChI is InChI=1S/C20H17N3O3/c1-20(2,3)16-5-7-17(8-6-16)26-19-9-4-14(10-15(12-21)13-22)11-18(19)23(24)25/h4-11H,1-3H3. The highest BCUT2D eigenvalue weighted by Crippen LogP contribution is 2.33. The molecule has 0 fully saturated rings. The van der Waals surface area contributed by atoms with Crippen LogP contribution < -0.4 is 4.74 Å². The maximum atomic E-state index is 11.3. The second kappa shape index (κ2) is 7.50. The average Bonchev–Trinajstić information content (AvgIpc) is 2.60. The van der Waals surface area contributed by atoms with Gasteiger partial charge in [-0.25, -0.2) is 0 Å². The Morgan fingerprint density at radius 2 is 1.73 bits per heavy atom. The first-order chi connectivity index (χ1) is 12.2. The Morgan fingerprint density at radius 1 is 1.12 bits per heavy atom. The molecule has 26 heavy (non-hydrogen) atoms. The fraction of sp³-hybridized carbons (Fsp3) is 0.200. The molecule has 0 aliphatic heterocycles. The van der Waals surface area contributed by atoms with Crippen molar-refractivity contribution in [2.24, 2.45) is 0 Å². The summed E-state index contributed by atoms with van der Waals surface area (Å²) >= 11 is 0. The third-order valence-electron chi connectivity index (χ3n) is 3.68. The van der Waals surface area contributed by atoms with Gasteiger partial charge in [-0.2, -0.15) is 10.5 Å². The smallest absolute Gasteiger partial charge is 0.312 e. The van der Waals surface area contributed by atoms with Gasteiger partial charge in [0, 0.05) is 6.07 Å². The van der Waals surface area contributed by atoms with E-state index in [9.17, 15) is 10.1 Å². The molecule has 0 atom stereocenters. The minimum Gasteiger partial charge on any atom is -0.450 e. The fourth-order valence-electron chi connectivity index (χ4n) is 2.26. The number of hydrogen-bond acceptors (Lipinski definition) is 5. The first kappa shape index (κ1) is 18.7. The summed E-state index contributed by atoms with van der Waals surface area (Å²) in [7, 11) is 0. The minimum atomic E-state index is -0.561. The van der Waals surface area contributed by atoms with Crippen molar-refractivity contribution in [2.45, 2.75) is 26.2 Å². The molecule has 0 radical (unpaired) electrons. The predicted molar refractivity (Wildman–Crippen MR) is 97.5 cm³/mol. The Kier molecular flexibility index (Phi) is 5.39. The van der Waals surface area contributed by atoms with Crippen molar-refractivity contribution in [1.29, 1.82) is 10.5 Å². The SMILES string of the molecule is CC(C)(C)c1ccc(Oc2ccc(C=C(C#N)C#N)cc2[N+](=O)[O-])cc1. The summed E-state index contributed by atoms with van der Waals surface area (Å²) in [6.07, 6.45) is 1.29. The van der Waals surface area contributed by atoms with Crippen molar-refractivity contribution in [2.75, 3.05) is 0 Å². The molecule has 0 N–H and O–H groups in total. The third-order valence-corrected chi connectivity index (χ3v) is 3.68. The molecule has 0 aliphatic rings. The molecule has 6 nitrogen and oxygen atoms in total. The van der Waals surface area contributed by atoms with Gasteiger partial charge >= 0.3 is 5.69 Å². The van der Waals surface area contributed by atoms with Crippen molar-refractivity contribution >= 4 is 11.8 Å². The van der Waals surface area contributed by atoms with Crippen LogP contribution in [0.4, 0.5) is 5.69 Å². The van der Waals surface area contributed by atoms with Gasteiger partial charge in [-0.3, -0.25) is 10.1 Å². The normalized spacial score (nSPS) is 10.3. The average molecular weight is 347 g/mol. The van der Waals surface area contributed by atoms with Crippen LogP contribution in [0.1, 0.15) is 31.9 Å². The zero-order valence-corrected chi connectivity index (χ0v) is 14.7. The molecule has 0 aliphatic carbocycles. The van der Waals surface area contributed by atoms with E-state index in [-0.39, 0.29) is 22.4 Å². The van der Waals surface area contributed by atoms with E-state index >= 15 is 0 Å². The van der Waals surface area contributed by atoms with E-state index < -0.39 is 4.92 Å². The van der Waals surface area contributed by atoms with Gasteiger partial charge in [0.05, 0.1) is 4.92 Å². The Morgan fingerprint density at radius 3 is 2.23 bits per heavy atom. The number of nitrogens with zero attached hydrogens (tertiary/aromatic N) is 3. The number of hydrogen-bond donors (Lipinski definition) is 0. The Balaban J connectivity index is 2.35. The molecule has 130 valence electrons. The van der Waals surface area contributed by atoms with Crippen LogP contribution in [-0.4, -0.2) is 4.92 Å². The van der Waals surface area contributed by atoms with E-state index in [4.69, 9.17) is 15.3 Å². The highest BCUT2D eigenvalue weighted by Gasteiger charge is 2.18. The molecule has 0 saturated heterocycles. The molecule has 6 heteroatoms. The number of nitro benzene ring substituents is 1. The summed E-state index contributed by atoms with van der Waals surface area (Å²) in [5, 5.41) is 28.9. The number of rotatable bonds is 4. The van der Waals surface area contributed by atoms with Crippen molar-refractivity contribution < 1.29 is 9.66 Å². The molecule has 0 spiro atoms. The molecule has 0 aromatic heterocycles. The van der Waals surface area contributed by atoms with Crippen molar-refractivity contribution in [3.8, 4) is 23.6 Å². The molecular formula is C20H17N3O3. The first-order valence-electron chi connectivity index (χ1n) is 7.83. The van der Waals surface area contributed by atoms with Crippen LogP contribution in [0.25, 0.3) is 6.08 Å². The van der Waals surface area contributed by atoms with Crippen LogP contribution >= 0.6 is 0 Å². The first-order valence-corrected chi connectivity index (χ1v) is 7.83. The lowest BCUT2D eigenvalue weighted by molar-refractivity contribution is -0.385. The van der Waals surface area contributed by atoms with Crippen LogP contribution in [0.3, 0.4) is 0 Å². The lowest BCUT2D eigenvalue weighted by Gasteiger charge is -2.19. The monoisotopic (exact) mass is 347 g/mol. The molecule has 0 bridgehead atoms. The van der Waals surface area contributed by atoms with Gasteiger partial charge in [0.2, 0.25) is 5.75 Å². The van der Waals surface area contributed by atoms with Gasteiger partial charge in [0.25, 0.3) is 0 Å². The maximum Gasteiger partial charge on any atom is 0.312 e. The minimum absolute atomic E-state index is 0.00228. The summed E-state index contributed by atoms with van der Waals surface area (Å²) in [5.41, 5.74) is 1.13. The van der Waals surface area contributed by atoms with E-state index in [0.29, 0.717) is 11.3 Å². The molecule has 0 saturated carbocycles. The van der Waals surface area contributed by atoms with Gasteiger partial charge in [0.15, 0.2) is 0 Å². The highest BCUT2D eigenvalue weighted by molar-refractivity contribution is 5.66. The van der Waals surface area contributed by atoms with Crippen LogP contribution in [0, 0.1) is 32.8 Å². The number of allylic oxidation sites excluding steroid dienone is 1. The van der Waals surface area contributed by atoms with Gasteiger partial charge in [-0.1, -0.05) is 39.0 Å². The lowest BCUT2D eigenvalue weighted by atomic mass is 9.87. The van der Waals surface area contributed by atoms with E-state index in [0.717, 1.165) is 5.56 Å². The quantitative estimate of drug-likeness (QED) is 0.434. The maximum absolute atomic E-state index is 11.3. The van der Waals surface area contributed by atoms with E-state index in [2.05, 4.69) is 20.8 Å². The second-order valence-corrected chi connectivity index (χ2v) is 6.64. The van der Waals surface area contributed by atoms with Crippen LogP contribution in [0.5, 0.6) is 11.5 Å². The highest BCUT2D eigenvalue weighted by atomic mass is 16.6. The second-order valence-electron chi connectivity index (χ2n) is 6.64. The van der Waals surface area contributed by atoms with Crippen LogP contribution in [0.2, 0.25) is 0 Å². The van der Waals surface area contributed by atoms with E-state index in [1.54, 1.807) is 30.3 Å². The molecule has 0 unspecified atom stereocenters. The summed E-state index contributed by atoms with van der Waals surface area (Å²) in [6, 6.07) is 15.1. The predicted octanol–water partition coefficient (Wildman–Crippen LogP) is 5.12. The van der Waals surface area contributed by atoms with Crippen LogP contribution in [-0.2, 0) is 5.41 Å². The number of nitro groups is 1. The number of ether oxygens (including phenoxy) is 1. The van der Waals surface area contributed by atoms with E-state index in [1.807, 2.05) is 12.1 Å². The van der Waals surface area contributed by atoms with Gasteiger partial charge in [0.1, 0.15) is 23.5 Å². The van der Waals surface area contributed by atoms with Gasteiger partial charge in [-0.15, -0.1) is 0 Å². The number of nitriles is 2. The lowest BCUT2D eigenvalue weighted by Crippen LogP contribution is -2.10. The Bertz CT molecular complexity index is 924. The molecule has 2 rings (SSSR count). The topological polar surface area (TPSA) is 99.9 Å². The van der Waals surface area contributed by atoms with Gasteiger partial charge in [-0.05, 0) is 40.8 Å². The summed E-state index contributed by atoms with van der Waals surface area (Å²) in [5.74, 6) is 0.574. The summed E-state index contributed by atoms with van der Waals surface area (Å²) in [4.78, 5) is 10.8. The fourth-order valence-corrected chi connectivity index (χ4v) is 2.26. The summed E-state index contributed by atoms with van der Waals surface area (Å²) < 4.78 is 5.66. The zero-order valence-electron chi connectivity index (χ0n) is 14.7. The Hall–Kier alpha value is -3.64. The van der Waals surface area contributed by atoms with Gasteiger partial charge < -0.3 is 4.74 Å². The Labute approximate surface area is 151 Å². The van der Waals surface area contributed by atoms with Crippen molar-refractivity contribution in [3.05, 3.63) is 69.3 Å². The molecular weight excluding hydrogens is 330 g/mol. The molecule has 0 heterocycles. The summed E-state index contributed by atoms with van der Waals surface area (Å²) in [6.45, 7) is 6.28.